The number of fused-ring (bicyclic) bond motifs is 1. The van der Waals surface area contributed by atoms with Gasteiger partial charge in [0.1, 0.15) is 11.9 Å². The molecule has 0 saturated carbocycles. The van der Waals surface area contributed by atoms with E-state index in [1.807, 2.05) is 24.3 Å². The third kappa shape index (κ3) is 3.06. The van der Waals surface area contributed by atoms with Gasteiger partial charge in [-0.15, -0.1) is 0 Å². The molecule has 1 N–H and O–H groups in total. The van der Waals surface area contributed by atoms with E-state index in [-0.39, 0.29) is 12.0 Å². The van der Waals surface area contributed by atoms with Crippen molar-refractivity contribution in [1.29, 1.82) is 0 Å². The fraction of sp³-hybridized carbons (Fsp3) is 0.235. The van der Waals surface area contributed by atoms with E-state index in [1.165, 1.54) is 6.92 Å². The van der Waals surface area contributed by atoms with Crippen LogP contribution in [0.25, 0.3) is 11.1 Å². The van der Waals surface area contributed by atoms with Crippen molar-refractivity contribution < 1.29 is 9.53 Å². The van der Waals surface area contributed by atoms with Crippen LogP contribution in [0, 0.1) is 0 Å². The van der Waals surface area contributed by atoms with Crippen LogP contribution in [0.1, 0.15) is 12.5 Å². The van der Waals surface area contributed by atoms with Crippen molar-refractivity contribution in [3.63, 3.8) is 0 Å². The zero-order chi connectivity index (χ0) is 15.7. The minimum atomic E-state index is -0.0577. The lowest BCUT2D eigenvalue weighted by molar-refractivity contribution is -0.119. The van der Waals surface area contributed by atoms with Gasteiger partial charge in [0.25, 0.3) is 0 Å². The first kappa shape index (κ1) is 15.2. The van der Waals surface area contributed by atoms with Gasteiger partial charge in [-0.2, -0.15) is 0 Å². The summed E-state index contributed by atoms with van der Waals surface area (Å²) in [6, 6.07) is 11.4. The summed E-state index contributed by atoms with van der Waals surface area (Å²) in [6.07, 6.45) is 0.708. The highest BCUT2D eigenvalue weighted by molar-refractivity contribution is 6.35. The van der Waals surface area contributed by atoms with E-state index in [2.05, 4.69) is 5.32 Å². The second-order valence-electron chi connectivity index (χ2n) is 5.30. The molecule has 2 aromatic rings. The first-order chi connectivity index (χ1) is 10.5. The zero-order valence-electron chi connectivity index (χ0n) is 12.0. The number of benzene rings is 2. The molecule has 0 radical (unpaired) electrons. The van der Waals surface area contributed by atoms with E-state index >= 15 is 0 Å². The number of halogens is 2. The second kappa shape index (κ2) is 6.19. The van der Waals surface area contributed by atoms with Crippen LogP contribution in [-0.2, 0) is 11.2 Å². The van der Waals surface area contributed by atoms with Gasteiger partial charge in [-0.1, -0.05) is 41.4 Å². The van der Waals surface area contributed by atoms with Crippen LogP contribution >= 0.6 is 23.2 Å². The molecule has 1 unspecified atom stereocenters. The SMILES string of the molecule is CC(=O)NCC1Cc2cccc(-c3cc(Cl)ccc3Cl)c2O1. The number of hydrogen-bond acceptors (Lipinski definition) is 2. The monoisotopic (exact) mass is 335 g/mol. The molecule has 22 heavy (non-hydrogen) atoms. The summed E-state index contributed by atoms with van der Waals surface area (Å²) in [5.41, 5.74) is 2.89. The molecule has 1 amide bonds. The topological polar surface area (TPSA) is 38.3 Å². The van der Waals surface area contributed by atoms with Crippen LogP contribution in [0.2, 0.25) is 10.0 Å². The number of amides is 1. The van der Waals surface area contributed by atoms with E-state index in [9.17, 15) is 4.79 Å². The Bertz CT molecular complexity index is 731. The molecule has 1 aliphatic heterocycles. The van der Waals surface area contributed by atoms with Crippen LogP contribution in [0.5, 0.6) is 5.75 Å². The number of ether oxygens (including phenoxy) is 1. The van der Waals surface area contributed by atoms with Crippen LogP contribution < -0.4 is 10.1 Å². The highest BCUT2D eigenvalue weighted by atomic mass is 35.5. The zero-order valence-corrected chi connectivity index (χ0v) is 13.5. The van der Waals surface area contributed by atoms with E-state index in [1.54, 1.807) is 12.1 Å². The van der Waals surface area contributed by atoms with Crippen molar-refractivity contribution >= 4 is 29.1 Å². The number of rotatable bonds is 3. The van der Waals surface area contributed by atoms with E-state index in [0.29, 0.717) is 16.6 Å². The van der Waals surface area contributed by atoms with Gasteiger partial charge in [-0.3, -0.25) is 4.79 Å². The maximum Gasteiger partial charge on any atom is 0.217 e. The Hall–Kier alpha value is -1.71. The summed E-state index contributed by atoms with van der Waals surface area (Å²) in [4.78, 5) is 11.0. The summed E-state index contributed by atoms with van der Waals surface area (Å²) in [7, 11) is 0. The number of hydrogen-bond donors (Lipinski definition) is 1. The molecule has 0 aliphatic carbocycles. The van der Waals surface area contributed by atoms with Gasteiger partial charge in [-0.05, 0) is 23.8 Å². The lowest BCUT2D eigenvalue weighted by atomic mass is 10.0. The summed E-state index contributed by atoms with van der Waals surface area (Å²) < 4.78 is 6.02. The molecule has 0 aromatic heterocycles. The van der Waals surface area contributed by atoms with Crippen LogP contribution in [0.3, 0.4) is 0 Å². The van der Waals surface area contributed by atoms with Gasteiger partial charge < -0.3 is 10.1 Å². The normalized spacial score (nSPS) is 16.0. The summed E-state index contributed by atoms with van der Waals surface area (Å²) in [5, 5.41) is 4.05. The van der Waals surface area contributed by atoms with Gasteiger partial charge in [0, 0.05) is 34.5 Å². The smallest absolute Gasteiger partial charge is 0.217 e. The third-order valence-electron chi connectivity index (χ3n) is 3.63. The molecule has 3 nitrogen and oxygen atoms in total. The molecule has 0 bridgehead atoms. The van der Waals surface area contributed by atoms with Crippen LogP contribution in [0.15, 0.2) is 36.4 Å². The molecule has 3 rings (SSSR count). The van der Waals surface area contributed by atoms with Gasteiger partial charge in [0.05, 0.1) is 6.54 Å². The maximum absolute atomic E-state index is 11.0. The van der Waals surface area contributed by atoms with E-state index in [4.69, 9.17) is 27.9 Å². The largest absolute Gasteiger partial charge is 0.487 e. The van der Waals surface area contributed by atoms with Crippen molar-refractivity contribution in [3.8, 4) is 16.9 Å². The molecular formula is C17H15Cl2NO2. The highest BCUT2D eigenvalue weighted by Gasteiger charge is 2.26. The van der Waals surface area contributed by atoms with Gasteiger partial charge in [-0.25, -0.2) is 0 Å². The molecule has 5 heteroatoms. The van der Waals surface area contributed by atoms with Crippen molar-refractivity contribution in [3.05, 3.63) is 52.0 Å². The van der Waals surface area contributed by atoms with Crippen LogP contribution in [-0.4, -0.2) is 18.6 Å². The molecule has 1 aliphatic rings. The predicted octanol–water partition coefficient (Wildman–Crippen LogP) is 4.10. The van der Waals surface area contributed by atoms with Crippen molar-refractivity contribution in [1.82, 2.24) is 5.32 Å². The average Bonchev–Trinajstić information content (AvgIpc) is 2.90. The lowest BCUT2D eigenvalue weighted by Gasteiger charge is -2.13. The molecule has 114 valence electrons. The maximum atomic E-state index is 11.0. The Labute approximate surface area is 139 Å². The molecule has 0 saturated heterocycles. The Morgan fingerprint density at radius 3 is 2.86 bits per heavy atom. The second-order valence-corrected chi connectivity index (χ2v) is 6.14. The van der Waals surface area contributed by atoms with Gasteiger partial charge in [0.2, 0.25) is 5.91 Å². The quantitative estimate of drug-likeness (QED) is 0.916. The minimum absolute atomic E-state index is 0.0574. The Balaban J connectivity index is 1.93. The molecular weight excluding hydrogens is 321 g/mol. The fourth-order valence-corrected chi connectivity index (χ4v) is 3.02. The van der Waals surface area contributed by atoms with Gasteiger partial charge in [0.15, 0.2) is 0 Å². The Morgan fingerprint density at radius 1 is 1.27 bits per heavy atom. The Kier molecular flexibility index (Phi) is 4.27. The molecule has 0 spiro atoms. The van der Waals surface area contributed by atoms with Gasteiger partial charge >= 0.3 is 0 Å². The molecule has 2 aromatic carbocycles. The standard InChI is InChI=1S/C17H15Cl2NO2/c1-10(21)20-9-13-7-11-3-2-4-14(17(11)22-13)15-8-12(18)5-6-16(15)19/h2-6,8,13H,7,9H2,1H3,(H,20,21). The first-order valence-electron chi connectivity index (χ1n) is 7.03. The van der Waals surface area contributed by atoms with E-state index in [0.717, 1.165) is 28.9 Å². The average molecular weight is 336 g/mol. The Morgan fingerprint density at radius 2 is 2.09 bits per heavy atom. The predicted molar refractivity (Wildman–Crippen MR) is 88.7 cm³/mol. The van der Waals surface area contributed by atoms with Crippen molar-refractivity contribution in [2.24, 2.45) is 0 Å². The lowest BCUT2D eigenvalue weighted by Crippen LogP contribution is -2.32. The fourth-order valence-electron chi connectivity index (χ4n) is 2.63. The summed E-state index contributed by atoms with van der Waals surface area (Å²) in [5.74, 6) is 0.764. The summed E-state index contributed by atoms with van der Waals surface area (Å²) >= 11 is 12.4. The number of carbonyl (C=O) groups is 1. The van der Waals surface area contributed by atoms with Crippen molar-refractivity contribution in [2.75, 3.05) is 6.54 Å². The number of nitrogens with one attached hydrogen (secondary N) is 1. The molecule has 0 fully saturated rings. The van der Waals surface area contributed by atoms with E-state index < -0.39 is 0 Å². The van der Waals surface area contributed by atoms with Crippen LogP contribution in [0.4, 0.5) is 0 Å². The number of carbonyl (C=O) groups excluding carboxylic acids is 1. The number of para-hydroxylation sites is 1. The first-order valence-corrected chi connectivity index (χ1v) is 7.78. The van der Waals surface area contributed by atoms with Crippen molar-refractivity contribution in [2.45, 2.75) is 19.4 Å². The highest BCUT2D eigenvalue weighted by Crippen LogP contribution is 2.41. The minimum Gasteiger partial charge on any atom is -0.487 e. The third-order valence-corrected chi connectivity index (χ3v) is 4.19. The summed E-state index contributed by atoms with van der Waals surface area (Å²) in [6.45, 7) is 1.99. The molecule has 1 heterocycles. The molecule has 1 atom stereocenters.